The van der Waals surface area contributed by atoms with Crippen molar-refractivity contribution in [1.82, 2.24) is 4.72 Å². The lowest BCUT2D eigenvalue weighted by Crippen LogP contribution is -2.37. The molecule has 0 amide bonds. The van der Waals surface area contributed by atoms with Gasteiger partial charge >= 0.3 is 0 Å². The maximum Gasteiger partial charge on any atom is 0.275 e. The fraction of sp³-hybridized carbons (Fsp3) is 0.444. The Morgan fingerprint density at radius 3 is 2.61 bits per heavy atom. The Bertz CT molecular complexity index is 605. The van der Waals surface area contributed by atoms with Crippen molar-refractivity contribution in [3.05, 3.63) is 15.4 Å². The van der Waals surface area contributed by atoms with Gasteiger partial charge in [-0.25, -0.2) is 18.1 Å². The molecule has 2 rings (SSSR count). The van der Waals surface area contributed by atoms with Gasteiger partial charge in [-0.05, 0) is 25.8 Å². The number of hydrogen-bond acceptors (Lipinski definition) is 4. The molecular weight excluding hydrogens is 317 g/mol. The van der Waals surface area contributed by atoms with E-state index >= 15 is 0 Å². The van der Waals surface area contributed by atoms with Crippen molar-refractivity contribution in [3.8, 4) is 0 Å². The number of rotatable bonds is 3. The zero-order valence-electron chi connectivity index (χ0n) is 9.41. The summed E-state index contributed by atoms with van der Waals surface area (Å²) in [5.74, 6) is -0.129. The lowest BCUT2D eigenvalue weighted by molar-refractivity contribution is 0.594. The van der Waals surface area contributed by atoms with Gasteiger partial charge in [-0.3, -0.25) is 0 Å². The van der Waals surface area contributed by atoms with E-state index in [1.807, 2.05) is 6.92 Å². The Morgan fingerprint density at radius 2 is 2.17 bits per heavy atom. The number of sulfonamides is 1. The quantitative estimate of drug-likeness (QED) is 0.659. The lowest BCUT2D eigenvalue weighted by Gasteiger charge is -2.08. The molecule has 0 aromatic carbocycles. The van der Waals surface area contributed by atoms with Gasteiger partial charge < -0.3 is 5.73 Å². The highest BCUT2D eigenvalue weighted by Crippen LogP contribution is 2.39. The van der Waals surface area contributed by atoms with Gasteiger partial charge in [0.1, 0.15) is 0 Å². The summed E-state index contributed by atoms with van der Waals surface area (Å²) in [7, 11) is -3.82. The summed E-state index contributed by atoms with van der Waals surface area (Å²) < 4.78 is 26.4. The summed E-state index contributed by atoms with van der Waals surface area (Å²) in [6.07, 6.45) is 1.81. The highest BCUT2D eigenvalue weighted by atomic mass is 35.5. The number of nitrogens with zero attached hydrogens (tertiary/aromatic N) is 1. The highest BCUT2D eigenvalue weighted by Gasteiger charge is 2.37. The molecule has 0 spiro atoms. The summed E-state index contributed by atoms with van der Waals surface area (Å²) in [5, 5.41) is 0.0722. The lowest BCUT2D eigenvalue weighted by atomic mass is 10.3. The molecule has 1 fully saturated rings. The molecule has 18 heavy (non-hydrogen) atoms. The second-order valence-electron chi connectivity index (χ2n) is 4.29. The van der Waals surface area contributed by atoms with E-state index in [0.717, 1.165) is 24.2 Å². The van der Waals surface area contributed by atoms with E-state index in [2.05, 4.69) is 9.71 Å². The summed E-state index contributed by atoms with van der Waals surface area (Å²) in [6, 6.07) is 1.37. The van der Waals surface area contributed by atoms with Gasteiger partial charge in [0, 0.05) is 0 Å². The molecule has 0 radical (unpaired) electrons. The largest absolute Gasteiger partial charge is 0.369 e. The van der Waals surface area contributed by atoms with Crippen molar-refractivity contribution in [2.75, 3.05) is 0 Å². The first-order chi connectivity index (χ1) is 8.22. The van der Waals surface area contributed by atoms with Crippen LogP contribution in [0.1, 0.15) is 19.8 Å². The number of guanidine groups is 1. The summed E-state index contributed by atoms with van der Waals surface area (Å²) >= 11 is 12.4. The minimum atomic E-state index is -3.82. The zero-order chi connectivity index (χ0) is 13.6. The van der Waals surface area contributed by atoms with Crippen LogP contribution in [0.25, 0.3) is 0 Å². The van der Waals surface area contributed by atoms with Gasteiger partial charge in [-0.2, -0.15) is 0 Å². The van der Waals surface area contributed by atoms with E-state index < -0.39 is 10.0 Å². The maximum absolute atomic E-state index is 12.0. The number of nitrogens with two attached hydrogens (primary N) is 1. The van der Waals surface area contributed by atoms with Crippen LogP contribution in [0.3, 0.4) is 0 Å². The molecule has 5 nitrogen and oxygen atoms in total. The molecule has 1 heterocycles. The standard InChI is InChI=1S/C9H11Cl2N3O2S2/c1-9(2-3-9)13-8(12)14-18(15,16)7-5(10)4-6(11)17-7/h4H,2-3H2,1H3,(H3,12,13,14). The van der Waals surface area contributed by atoms with Gasteiger partial charge in [-0.15, -0.1) is 11.3 Å². The topological polar surface area (TPSA) is 84.5 Å². The molecule has 9 heteroatoms. The van der Waals surface area contributed by atoms with Crippen molar-refractivity contribution in [1.29, 1.82) is 0 Å². The van der Waals surface area contributed by atoms with E-state index in [9.17, 15) is 8.42 Å². The third-order valence-corrected chi connectivity index (χ3v) is 6.15. The smallest absolute Gasteiger partial charge is 0.275 e. The minimum absolute atomic E-state index is 0.0618. The average molecular weight is 328 g/mol. The summed E-state index contributed by atoms with van der Waals surface area (Å²) in [4.78, 5) is 4.10. The first-order valence-corrected chi connectivity index (χ1v) is 8.10. The molecule has 0 aliphatic heterocycles. The molecule has 3 N–H and O–H groups in total. The molecule has 0 bridgehead atoms. The Balaban J connectivity index is 2.22. The average Bonchev–Trinajstić information content (AvgIpc) is 2.79. The van der Waals surface area contributed by atoms with Crippen LogP contribution >= 0.6 is 34.5 Å². The zero-order valence-corrected chi connectivity index (χ0v) is 12.5. The Hall–Kier alpha value is -0.500. The third kappa shape index (κ3) is 3.09. The van der Waals surface area contributed by atoms with Crippen molar-refractivity contribution in [2.24, 2.45) is 10.7 Å². The maximum atomic E-state index is 12.0. The third-order valence-electron chi connectivity index (χ3n) is 2.47. The normalized spacial score (nSPS) is 18.7. The van der Waals surface area contributed by atoms with Crippen LogP contribution in [0.5, 0.6) is 0 Å². The summed E-state index contributed by atoms with van der Waals surface area (Å²) in [6.45, 7) is 1.91. The van der Waals surface area contributed by atoms with Crippen LogP contribution in [0, 0.1) is 0 Å². The monoisotopic (exact) mass is 327 g/mol. The first kappa shape index (κ1) is 13.9. The number of hydrogen-bond donors (Lipinski definition) is 2. The molecule has 1 aromatic heterocycles. The van der Waals surface area contributed by atoms with E-state index in [1.165, 1.54) is 6.07 Å². The predicted octanol–water partition coefficient (Wildman–Crippen LogP) is 2.20. The van der Waals surface area contributed by atoms with Crippen LogP contribution in [0.4, 0.5) is 0 Å². The Labute approximate surface area is 119 Å². The van der Waals surface area contributed by atoms with Crippen molar-refractivity contribution in [2.45, 2.75) is 29.5 Å². The van der Waals surface area contributed by atoms with Crippen LogP contribution in [-0.4, -0.2) is 19.9 Å². The number of thiophene rings is 1. The van der Waals surface area contributed by atoms with Gasteiger partial charge in [0.25, 0.3) is 10.0 Å². The molecule has 1 saturated carbocycles. The van der Waals surface area contributed by atoms with Gasteiger partial charge in [0.2, 0.25) is 5.96 Å². The van der Waals surface area contributed by atoms with Crippen LogP contribution in [0.15, 0.2) is 15.3 Å². The number of aliphatic imine (C=N–C) groups is 1. The molecule has 0 saturated heterocycles. The molecule has 1 aliphatic rings. The van der Waals surface area contributed by atoms with Crippen molar-refractivity contribution in [3.63, 3.8) is 0 Å². The van der Waals surface area contributed by atoms with Crippen LogP contribution in [-0.2, 0) is 10.0 Å². The molecule has 0 atom stereocenters. The Kier molecular flexibility index (Phi) is 3.52. The minimum Gasteiger partial charge on any atom is -0.369 e. The van der Waals surface area contributed by atoms with Gasteiger partial charge in [-0.1, -0.05) is 23.2 Å². The van der Waals surface area contributed by atoms with Crippen molar-refractivity contribution >= 4 is 50.5 Å². The van der Waals surface area contributed by atoms with Crippen LogP contribution < -0.4 is 10.5 Å². The molecule has 1 aliphatic carbocycles. The first-order valence-electron chi connectivity index (χ1n) is 5.05. The highest BCUT2D eigenvalue weighted by molar-refractivity contribution is 7.92. The number of nitrogens with one attached hydrogen (secondary N) is 1. The van der Waals surface area contributed by atoms with Gasteiger partial charge in [0.05, 0.1) is 14.9 Å². The van der Waals surface area contributed by atoms with E-state index in [1.54, 1.807) is 0 Å². The second-order valence-corrected chi connectivity index (χ2v) is 8.25. The fourth-order valence-corrected chi connectivity index (χ4v) is 4.50. The molecule has 1 aromatic rings. The van der Waals surface area contributed by atoms with Crippen LogP contribution in [0.2, 0.25) is 9.36 Å². The summed E-state index contributed by atoms with van der Waals surface area (Å²) in [5.41, 5.74) is 5.34. The van der Waals surface area contributed by atoms with E-state index in [0.29, 0.717) is 4.34 Å². The molecule has 0 unspecified atom stereocenters. The number of halogens is 2. The van der Waals surface area contributed by atoms with Gasteiger partial charge in [0.15, 0.2) is 4.21 Å². The van der Waals surface area contributed by atoms with Crippen molar-refractivity contribution < 1.29 is 8.42 Å². The fourth-order valence-electron chi connectivity index (χ4n) is 1.30. The molecular formula is C9H11Cl2N3O2S2. The second kappa shape index (κ2) is 4.56. The SMILES string of the molecule is CC1(N=C(N)NS(=O)(=O)c2sc(Cl)cc2Cl)CC1. The van der Waals surface area contributed by atoms with E-state index in [4.69, 9.17) is 28.9 Å². The Morgan fingerprint density at radius 1 is 1.56 bits per heavy atom. The van der Waals surface area contributed by atoms with E-state index in [-0.39, 0.29) is 20.7 Å². The predicted molar refractivity (Wildman–Crippen MR) is 73.9 cm³/mol. The molecule has 100 valence electrons.